The Kier molecular flexibility index (Phi) is 4.35. The molecule has 1 aromatic rings. The van der Waals surface area contributed by atoms with Crippen LogP contribution in [0, 0.1) is 11.8 Å². The van der Waals surface area contributed by atoms with E-state index in [2.05, 4.69) is 13.8 Å². The summed E-state index contributed by atoms with van der Waals surface area (Å²) in [6.45, 7) is 5.98. The van der Waals surface area contributed by atoms with E-state index in [4.69, 9.17) is 16.3 Å². The lowest BCUT2D eigenvalue weighted by molar-refractivity contribution is 0.0620. The number of carbonyl (C=O) groups is 1. The summed E-state index contributed by atoms with van der Waals surface area (Å²) in [4.78, 5) is 14.5. The summed E-state index contributed by atoms with van der Waals surface area (Å²) in [7, 11) is 1.57. The van der Waals surface area contributed by atoms with Crippen molar-refractivity contribution in [1.29, 1.82) is 0 Å². The second-order valence-electron chi connectivity index (χ2n) is 5.50. The largest absolute Gasteiger partial charge is 0.496 e. The third-order valence-electron chi connectivity index (χ3n) is 3.55. The predicted octanol–water partition coefficient (Wildman–Crippen LogP) is 3.47. The molecule has 2 unspecified atom stereocenters. The maximum atomic E-state index is 12.6. The molecule has 2 rings (SSSR count). The fourth-order valence-corrected chi connectivity index (χ4v) is 3.02. The van der Waals surface area contributed by atoms with E-state index in [1.165, 1.54) is 6.42 Å². The van der Waals surface area contributed by atoms with Crippen LogP contribution in [0.5, 0.6) is 5.75 Å². The van der Waals surface area contributed by atoms with Crippen molar-refractivity contribution in [2.45, 2.75) is 20.3 Å². The first kappa shape index (κ1) is 14.2. The highest BCUT2D eigenvalue weighted by Crippen LogP contribution is 2.27. The number of methoxy groups -OCH3 is 1. The Balaban J connectivity index is 2.26. The van der Waals surface area contributed by atoms with E-state index in [1.807, 2.05) is 4.90 Å². The summed E-state index contributed by atoms with van der Waals surface area (Å²) in [5.41, 5.74) is 0.552. The standard InChI is InChI=1S/C15H20ClNO2/c1-10-6-11(2)9-17(8-10)15(18)13-7-12(16)4-5-14(13)19-3/h4-5,7,10-11H,6,8-9H2,1-3H3. The summed E-state index contributed by atoms with van der Waals surface area (Å²) < 4.78 is 5.26. The van der Waals surface area contributed by atoms with Crippen molar-refractivity contribution in [3.63, 3.8) is 0 Å². The van der Waals surface area contributed by atoms with E-state index in [1.54, 1.807) is 25.3 Å². The van der Waals surface area contributed by atoms with Gasteiger partial charge in [-0.15, -0.1) is 0 Å². The van der Waals surface area contributed by atoms with Crippen molar-refractivity contribution in [2.75, 3.05) is 20.2 Å². The highest BCUT2D eigenvalue weighted by Gasteiger charge is 2.27. The Labute approximate surface area is 119 Å². The SMILES string of the molecule is COc1ccc(Cl)cc1C(=O)N1CC(C)CC(C)C1. The third-order valence-corrected chi connectivity index (χ3v) is 3.78. The Hall–Kier alpha value is -1.22. The topological polar surface area (TPSA) is 29.5 Å². The number of amides is 1. The van der Waals surface area contributed by atoms with Crippen LogP contribution in [-0.4, -0.2) is 31.0 Å². The molecule has 0 spiro atoms. The lowest BCUT2D eigenvalue weighted by Crippen LogP contribution is -2.42. The summed E-state index contributed by atoms with van der Waals surface area (Å²) >= 11 is 5.99. The molecule has 3 nitrogen and oxygen atoms in total. The molecule has 1 fully saturated rings. The molecule has 2 atom stereocenters. The average molecular weight is 282 g/mol. The normalized spacial score (nSPS) is 23.3. The van der Waals surface area contributed by atoms with Crippen molar-refractivity contribution < 1.29 is 9.53 Å². The molecule has 19 heavy (non-hydrogen) atoms. The number of halogens is 1. The number of carbonyl (C=O) groups excluding carboxylic acids is 1. The molecule has 1 aromatic carbocycles. The average Bonchev–Trinajstić information content (AvgIpc) is 2.36. The number of hydrogen-bond donors (Lipinski definition) is 0. The first-order chi connectivity index (χ1) is 9.01. The smallest absolute Gasteiger partial charge is 0.257 e. The van der Waals surface area contributed by atoms with Crippen LogP contribution >= 0.6 is 11.6 Å². The van der Waals surface area contributed by atoms with Gasteiger partial charge in [-0.3, -0.25) is 4.79 Å². The van der Waals surface area contributed by atoms with Gasteiger partial charge in [0.1, 0.15) is 5.75 Å². The molecule has 1 amide bonds. The lowest BCUT2D eigenvalue weighted by Gasteiger charge is -2.35. The van der Waals surface area contributed by atoms with Crippen molar-refractivity contribution in [3.8, 4) is 5.75 Å². The van der Waals surface area contributed by atoms with Gasteiger partial charge < -0.3 is 9.64 Å². The van der Waals surface area contributed by atoms with Crippen LogP contribution in [0.1, 0.15) is 30.6 Å². The van der Waals surface area contributed by atoms with Crippen LogP contribution in [0.25, 0.3) is 0 Å². The van der Waals surface area contributed by atoms with Gasteiger partial charge in [0, 0.05) is 18.1 Å². The van der Waals surface area contributed by atoms with Crippen LogP contribution in [0.3, 0.4) is 0 Å². The van der Waals surface area contributed by atoms with Crippen molar-refractivity contribution >= 4 is 17.5 Å². The van der Waals surface area contributed by atoms with E-state index < -0.39 is 0 Å². The minimum atomic E-state index is 0.0118. The summed E-state index contributed by atoms with van der Waals surface area (Å²) in [5.74, 6) is 1.67. The quantitative estimate of drug-likeness (QED) is 0.831. The number of rotatable bonds is 2. The molecule has 1 aliphatic rings. The molecule has 1 heterocycles. The monoisotopic (exact) mass is 281 g/mol. The van der Waals surface area contributed by atoms with Gasteiger partial charge in [0.05, 0.1) is 12.7 Å². The van der Waals surface area contributed by atoms with Crippen molar-refractivity contribution in [2.24, 2.45) is 11.8 Å². The Bertz CT molecular complexity index is 465. The van der Waals surface area contributed by atoms with E-state index in [0.29, 0.717) is 28.2 Å². The van der Waals surface area contributed by atoms with Crippen LogP contribution in [-0.2, 0) is 0 Å². The zero-order valence-corrected chi connectivity index (χ0v) is 12.4. The third kappa shape index (κ3) is 3.21. The fourth-order valence-electron chi connectivity index (χ4n) is 2.85. The van der Waals surface area contributed by atoms with Crippen LogP contribution in [0.4, 0.5) is 0 Å². The van der Waals surface area contributed by atoms with Gasteiger partial charge >= 0.3 is 0 Å². The van der Waals surface area contributed by atoms with Gasteiger partial charge in [-0.1, -0.05) is 25.4 Å². The van der Waals surface area contributed by atoms with Crippen LogP contribution in [0.2, 0.25) is 5.02 Å². The summed E-state index contributed by atoms with van der Waals surface area (Å²) in [6.07, 6.45) is 1.18. The number of hydrogen-bond acceptors (Lipinski definition) is 2. The Morgan fingerprint density at radius 1 is 1.32 bits per heavy atom. The second-order valence-corrected chi connectivity index (χ2v) is 5.94. The molecule has 0 bridgehead atoms. The van der Waals surface area contributed by atoms with Crippen molar-refractivity contribution in [3.05, 3.63) is 28.8 Å². The van der Waals surface area contributed by atoms with Gasteiger partial charge in [0.2, 0.25) is 0 Å². The van der Waals surface area contributed by atoms with Crippen molar-refractivity contribution in [1.82, 2.24) is 4.90 Å². The van der Waals surface area contributed by atoms with Gasteiger partial charge in [-0.05, 0) is 36.5 Å². The van der Waals surface area contributed by atoms with Gasteiger partial charge in [-0.25, -0.2) is 0 Å². The number of ether oxygens (including phenoxy) is 1. The van der Waals surface area contributed by atoms with Gasteiger partial charge in [-0.2, -0.15) is 0 Å². The Morgan fingerprint density at radius 2 is 1.95 bits per heavy atom. The summed E-state index contributed by atoms with van der Waals surface area (Å²) in [6, 6.07) is 5.16. The number of nitrogens with zero attached hydrogens (tertiary/aromatic N) is 1. The molecule has 0 radical (unpaired) electrons. The fraction of sp³-hybridized carbons (Fsp3) is 0.533. The first-order valence-electron chi connectivity index (χ1n) is 6.64. The lowest BCUT2D eigenvalue weighted by atomic mass is 9.91. The number of benzene rings is 1. The molecule has 0 aliphatic carbocycles. The minimum Gasteiger partial charge on any atom is -0.496 e. The zero-order valence-electron chi connectivity index (χ0n) is 11.6. The zero-order chi connectivity index (χ0) is 14.0. The first-order valence-corrected chi connectivity index (χ1v) is 7.02. The molecule has 0 aromatic heterocycles. The van der Waals surface area contributed by atoms with Gasteiger partial charge in [0.25, 0.3) is 5.91 Å². The highest BCUT2D eigenvalue weighted by atomic mass is 35.5. The van der Waals surface area contributed by atoms with E-state index in [0.717, 1.165) is 13.1 Å². The van der Waals surface area contributed by atoms with E-state index in [9.17, 15) is 4.79 Å². The molecule has 1 aliphatic heterocycles. The maximum Gasteiger partial charge on any atom is 0.257 e. The molecule has 0 saturated carbocycles. The molecular formula is C15H20ClNO2. The molecular weight excluding hydrogens is 262 g/mol. The number of likely N-dealkylation sites (tertiary alicyclic amines) is 1. The molecule has 104 valence electrons. The molecule has 0 N–H and O–H groups in total. The van der Waals surface area contributed by atoms with Crippen LogP contribution in [0.15, 0.2) is 18.2 Å². The van der Waals surface area contributed by atoms with E-state index >= 15 is 0 Å². The summed E-state index contributed by atoms with van der Waals surface area (Å²) in [5, 5.41) is 0.558. The maximum absolute atomic E-state index is 12.6. The second kappa shape index (κ2) is 5.83. The Morgan fingerprint density at radius 3 is 2.53 bits per heavy atom. The predicted molar refractivity (Wildman–Crippen MR) is 76.9 cm³/mol. The molecule has 1 saturated heterocycles. The van der Waals surface area contributed by atoms with Crippen LogP contribution < -0.4 is 4.74 Å². The van der Waals surface area contributed by atoms with Gasteiger partial charge in [0.15, 0.2) is 0 Å². The molecule has 4 heteroatoms. The van der Waals surface area contributed by atoms with E-state index in [-0.39, 0.29) is 5.91 Å². The number of piperidine rings is 1. The minimum absolute atomic E-state index is 0.0118. The highest BCUT2D eigenvalue weighted by molar-refractivity contribution is 6.31.